The first-order chi connectivity index (χ1) is 8.08. The van der Waals surface area contributed by atoms with Crippen LogP contribution in [-0.2, 0) is 4.79 Å². The summed E-state index contributed by atoms with van der Waals surface area (Å²) >= 11 is 0. The Morgan fingerprint density at radius 2 is 2.18 bits per heavy atom. The number of rotatable bonds is 2. The Labute approximate surface area is 103 Å². The van der Waals surface area contributed by atoms with Crippen LogP contribution in [0.5, 0.6) is 0 Å². The average Bonchev–Trinajstić information content (AvgIpc) is 2.29. The fourth-order valence-corrected chi connectivity index (χ4v) is 3.36. The third kappa shape index (κ3) is 2.80. The van der Waals surface area contributed by atoms with Gasteiger partial charge in [-0.3, -0.25) is 0 Å². The third-order valence-corrected chi connectivity index (χ3v) is 4.34. The lowest BCUT2D eigenvalue weighted by atomic mass is 9.66. The van der Waals surface area contributed by atoms with Crippen LogP contribution in [0, 0.1) is 17.8 Å². The highest BCUT2D eigenvalue weighted by Gasteiger charge is 2.32. The van der Waals surface area contributed by atoms with E-state index in [1.807, 2.05) is 6.08 Å². The highest BCUT2D eigenvalue weighted by atomic mass is 16.4. The number of hydrogen-bond acceptors (Lipinski definition) is 1. The number of carboxylic acid groups (broad SMARTS) is 1. The summed E-state index contributed by atoms with van der Waals surface area (Å²) in [5.74, 6) is 1.05. The van der Waals surface area contributed by atoms with Crippen LogP contribution in [0.3, 0.4) is 0 Å². The largest absolute Gasteiger partial charge is 0.478 e. The van der Waals surface area contributed by atoms with Gasteiger partial charge in [0.1, 0.15) is 0 Å². The minimum atomic E-state index is -0.774. The molecule has 0 amide bonds. The maximum atomic E-state index is 10.9. The minimum Gasteiger partial charge on any atom is -0.478 e. The maximum Gasteiger partial charge on any atom is 0.330 e. The van der Waals surface area contributed by atoms with Gasteiger partial charge >= 0.3 is 5.97 Å². The van der Waals surface area contributed by atoms with Gasteiger partial charge in [-0.05, 0) is 57.3 Å². The molecule has 3 atom stereocenters. The molecule has 1 fully saturated rings. The van der Waals surface area contributed by atoms with Crippen molar-refractivity contribution >= 4 is 5.97 Å². The quantitative estimate of drug-likeness (QED) is 0.583. The van der Waals surface area contributed by atoms with Crippen molar-refractivity contribution in [2.24, 2.45) is 17.8 Å². The van der Waals surface area contributed by atoms with E-state index in [2.05, 4.69) is 13.0 Å². The molecule has 0 heterocycles. The molecule has 1 N–H and O–H groups in total. The Hall–Kier alpha value is -1.05. The zero-order valence-electron chi connectivity index (χ0n) is 10.8. The van der Waals surface area contributed by atoms with E-state index in [0.29, 0.717) is 17.4 Å². The van der Waals surface area contributed by atoms with Crippen molar-refractivity contribution in [1.29, 1.82) is 0 Å². The first kappa shape index (κ1) is 12.4. The van der Waals surface area contributed by atoms with Gasteiger partial charge in [0.05, 0.1) is 0 Å². The molecule has 0 aromatic carbocycles. The smallest absolute Gasteiger partial charge is 0.330 e. The van der Waals surface area contributed by atoms with Crippen LogP contribution in [0.2, 0.25) is 0 Å². The SMILES string of the molecule is CC1=CC2C(C=C(C)C(=O)O)CCCC2CC1. The molecule has 0 aromatic heterocycles. The summed E-state index contributed by atoms with van der Waals surface area (Å²) in [6.07, 6.45) is 10.7. The summed E-state index contributed by atoms with van der Waals surface area (Å²) in [5.41, 5.74) is 1.99. The topological polar surface area (TPSA) is 37.3 Å². The molecule has 1 saturated carbocycles. The normalized spacial score (nSPS) is 33.9. The summed E-state index contributed by atoms with van der Waals surface area (Å²) in [7, 11) is 0. The van der Waals surface area contributed by atoms with E-state index >= 15 is 0 Å². The van der Waals surface area contributed by atoms with Gasteiger partial charge in [0.15, 0.2) is 0 Å². The number of carbonyl (C=O) groups is 1. The molecule has 17 heavy (non-hydrogen) atoms. The third-order valence-electron chi connectivity index (χ3n) is 4.34. The lowest BCUT2D eigenvalue weighted by Crippen LogP contribution is -2.28. The van der Waals surface area contributed by atoms with E-state index in [0.717, 1.165) is 12.3 Å². The molecule has 0 radical (unpaired) electrons. The standard InChI is InChI=1S/C15H22O2/c1-10-6-7-12-4-3-5-13(14(12)8-10)9-11(2)15(16)17/h8-9,12-14H,3-7H2,1-2H3,(H,16,17). The van der Waals surface area contributed by atoms with Gasteiger partial charge in [-0.1, -0.05) is 24.1 Å². The van der Waals surface area contributed by atoms with Crippen LogP contribution < -0.4 is 0 Å². The maximum absolute atomic E-state index is 10.9. The second-order valence-corrected chi connectivity index (χ2v) is 5.64. The molecule has 2 nitrogen and oxygen atoms in total. The molecular weight excluding hydrogens is 212 g/mol. The van der Waals surface area contributed by atoms with Crippen LogP contribution in [0.15, 0.2) is 23.3 Å². The Bertz CT molecular complexity index is 365. The van der Waals surface area contributed by atoms with Crippen molar-refractivity contribution in [2.75, 3.05) is 0 Å². The van der Waals surface area contributed by atoms with Crippen LogP contribution in [0.25, 0.3) is 0 Å². The summed E-state index contributed by atoms with van der Waals surface area (Å²) in [4.78, 5) is 10.9. The predicted octanol–water partition coefficient (Wildman–Crippen LogP) is 3.79. The molecule has 2 rings (SSSR count). The number of allylic oxidation sites excluding steroid dienone is 3. The number of carboxylic acids is 1. The highest BCUT2D eigenvalue weighted by Crippen LogP contribution is 2.43. The zero-order valence-corrected chi connectivity index (χ0v) is 10.8. The molecule has 94 valence electrons. The Morgan fingerprint density at radius 1 is 1.41 bits per heavy atom. The summed E-state index contributed by atoms with van der Waals surface area (Å²) in [6.45, 7) is 3.92. The van der Waals surface area contributed by atoms with Crippen LogP contribution in [-0.4, -0.2) is 11.1 Å². The molecule has 3 unspecified atom stereocenters. The molecule has 2 heteroatoms. The second kappa shape index (κ2) is 5.07. The summed E-state index contributed by atoms with van der Waals surface area (Å²) in [6, 6.07) is 0. The van der Waals surface area contributed by atoms with Crippen LogP contribution >= 0.6 is 0 Å². The molecule has 2 aliphatic rings. The lowest BCUT2D eigenvalue weighted by molar-refractivity contribution is -0.132. The Kier molecular flexibility index (Phi) is 3.70. The van der Waals surface area contributed by atoms with Crippen molar-refractivity contribution in [2.45, 2.75) is 46.0 Å². The van der Waals surface area contributed by atoms with Gasteiger partial charge in [0, 0.05) is 5.57 Å². The van der Waals surface area contributed by atoms with Crippen molar-refractivity contribution < 1.29 is 9.90 Å². The highest BCUT2D eigenvalue weighted by molar-refractivity contribution is 5.85. The fraction of sp³-hybridized carbons (Fsp3) is 0.667. The predicted molar refractivity (Wildman–Crippen MR) is 68.7 cm³/mol. The van der Waals surface area contributed by atoms with E-state index in [1.165, 1.54) is 31.3 Å². The number of hydrogen-bond donors (Lipinski definition) is 1. The van der Waals surface area contributed by atoms with Crippen molar-refractivity contribution in [3.05, 3.63) is 23.3 Å². The monoisotopic (exact) mass is 234 g/mol. The van der Waals surface area contributed by atoms with Gasteiger partial charge < -0.3 is 5.11 Å². The summed E-state index contributed by atoms with van der Waals surface area (Å²) in [5, 5.41) is 8.98. The summed E-state index contributed by atoms with van der Waals surface area (Å²) < 4.78 is 0. The minimum absolute atomic E-state index is 0.445. The molecule has 0 bridgehead atoms. The first-order valence-corrected chi connectivity index (χ1v) is 6.67. The zero-order chi connectivity index (χ0) is 12.4. The van der Waals surface area contributed by atoms with E-state index in [1.54, 1.807) is 6.92 Å². The molecule has 0 aliphatic heterocycles. The van der Waals surface area contributed by atoms with E-state index in [9.17, 15) is 4.79 Å². The second-order valence-electron chi connectivity index (χ2n) is 5.64. The Morgan fingerprint density at radius 3 is 2.88 bits per heavy atom. The van der Waals surface area contributed by atoms with Gasteiger partial charge in [0.25, 0.3) is 0 Å². The van der Waals surface area contributed by atoms with Gasteiger partial charge in [-0.25, -0.2) is 4.79 Å². The molecule has 2 aliphatic carbocycles. The van der Waals surface area contributed by atoms with Crippen molar-refractivity contribution in [1.82, 2.24) is 0 Å². The molecule has 0 spiro atoms. The van der Waals surface area contributed by atoms with Gasteiger partial charge in [-0.15, -0.1) is 0 Å². The number of fused-ring (bicyclic) bond motifs is 1. The molecular formula is C15H22O2. The van der Waals surface area contributed by atoms with E-state index in [4.69, 9.17) is 5.11 Å². The molecule has 0 saturated heterocycles. The Balaban J connectivity index is 2.18. The van der Waals surface area contributed by atoms with E-state index < -0.39 is 5.97 Å². The van der Waals surface area contributed by atoms with E-state index in [-0.39, 0.29) is 0 Å². The van der Waals surface area contributed by atoms with Crippen LogP contribution in [0.4, 0.5) is 0 Å². The fourth-order valence-electron chi connectivity index (χ4n) is 3.36. The van der Waals surface area contributed by atoms with Crippen LogP contribution in [0.1, 0.15) is 46.0 Å². The first-order valence-electron chi connectivity index (χ1n) is 6.67. The lowest BCUT2D eigenvalue weighted by Gasteiger charge is -2.38. The van der Waals surface area contributed by atoms with Crippen molar-refractivity contribution in [3.8, 4) is 0 Å². The number of aliphatic carboxylic acids is 1. The van der Waals surface area contributed by atoms with Crippen molar-refractivity contribution in [3.63, 3.8) is 0 Å². The van der Waals surface area contributed by atoms with Gasteiger partial charge in [0.2, 0.25) is 0 Å². The molecule has 0 aromatic rings. The average molecular weight is 234 g/mol. The van der Waals surface area contributed by atoms with Gasteiger partial charge in [-0.2, -0.15) is 0 Å².